The summed E-state index contributed by atoms with van der Waals surface area (Å²) in [6.07, 6.45) is 1.87. The minimum atomic E-state index is -0.118. The first kappa shape index (κ1) is 17.7. The summed E-state index contributed by atoms with van der Waals surface area (Å²) < 4.78 is 0. The van der Waals surface area contributed by atoms with Gasteiger partial charge in [-0.25, -0.2) is 4.79 Å². The van der Waals surface area contributed by atoms with Gasteiger partial charge in [0.25, 0.3) is 0 Å². The Morgan fingerprint density at radius 3 is 2.72 bits per heavy atom. The van der Waals surface area contributed by atoms with Gasteiger partial charge in [-0.05, 0) is 25.3 Å². The van der Waals surface area contributed by atoms with Gasteiger partial charge in [0.1, 0.15) is 6.54 Å². The highest BCUT2D eigenvalue weighted by atomic mass is 16.2. The van der Waals surface area contributed by atoms with Crippen molar-refractivity contribution < 1.29 is 9.59 Å². The summed E-state index contributed by atoms with van der Waals surface area (Å²) in [6, 6.07) is 10.5. The van der Waals surface area contributed by atoms with Crippen molar-refractivity contribution in [2.24, 2.45) is 0 Å². The number of carbonyl (C=O) groups excluding carboxylic acids is 2. The first-order valence-electron chi connectivity index (χ1n) is 9.22. The number of hydrogen-bond acceptors (Lipinski definition) is 3. The van der Waals surface area contributed by atoms with Crippen LogP contribution < -0.4 is 5.32 Å². The largest absolute Gasteiger partial charge is 0.338 e. The highest BCUT2D eigenvalue weighted by Gasteiger charge is 2.28. The van der Waals surface area contributed by atoms with Crippen LogP contribution in [0.5, 0.6) is 0 Å². The van der Waals surface area contributed by atoms with Gasteiger partial charge < -0.3 is 15.1 Å². The van der Waals surface area contributed by atoms with Crippen LogP contribution in [0.25, 0.3) is 0 Å². The molecule has 6 heteroatoms. The zero-order valence-electron chi connectivity index (χ0n) is 15.0. The number of nitrogens with zero attached hydrogens (tertiary/aromatic N) is 3. The van der Waals surface area contributed by atoms with E-state index in [-0.39, 0.29) is 24.5 Å². The molecular formula is C19H28N4O2. The molecule has 0 aliphatic carbocycles. The molecule has 0 radical (unpaired) electrons. The summed E-state index contributed by atoms with van der Waals surface area (Å²) >= 11 is 0. The molecule has 136 valence electrons. The minimum Gasteiger partial charge on any atom is -0.338 e. The molecule has 3 amide bonds. The third kappa shape index (κ3) is 4.72. The zero-order valence-corrected chi connectivity index (χ0v) is 15.0. The van der Waals surface area contributed by atoms with E-state index in [4.69, 9.17) is 0 Å². The number of nitrogens with one attached hydrogen (secondary N) is 1. The molecule has 1 aromatic carbocycles. The Bertz CT molecular complexity index is 592. The number of benzene rings is 1. The molecule has 0 bridgehead atoms. The molecule has 2 aliphatic heterocycles. The molecule has 25 heavy (non-hydrogen) atoms. The summed E-state index contributed by atoms with van der Waals surface area (Å²) in [5, 5.41) is 2.81. The number of carbonyl (C=O) groups is 2. The molecule has 6 nitrogen and oxygen atoms in total. The van der Waals surface area contributed by atoms with Crippen LogP contribution in [0.3, 0.4) is 0 Å². The number of hydrogen-bond donors (Lipinski definition) is 1. The molecular weight excluding hydrogens is 316 g/mol. The molecule has 1 aromatic rings. The van der Waals surface area contributed by atoms with Crippen LogP contribution in [0, 0.1) is 0 Å². The molecule has 2 fully saturated rings. The van der Waals surface area contributed by atoms with E-state index in [1.54, 1.807) is 4.90 Å². The van der Waals surface area contributed by atoms with E-state index in [1.165, 1.54) is 5.56 Å². The quantitative estimate of drug-likeness (QED) is 0.901. The normalized spacial score (nSPS) is 22.4. The van der Waals surface area contributed by atoms with Gasteiger partial charge in [0, 0.05) is 45.3 Å². The van der Waals surface area contributed by atoms with Crippen LogP contribution >= 0.6 is 0 Å². The SMILES string of the molecule is C[C@@H]1CN(Cc2ccccc2)CCCN1C(=O)CN1CCCNC1=O. The standard InChI is InChI=1S/C19H28N4O2/c1-16-13-21(14-17-7-3-2-4-8-17)10-6-12-23(16)18(24)15-22-11-5-9-20-19(22)25/h2-4,7-8,16H,5-6,9-15H2,1H3,(H,20,25)/t16-/m1/s1. The summed E-state index contributed by atoms with van der Waals surface area (Å²) in [5.41, 5.74) is 1.31. The van der Waals surface area contributed by atoms with Crippen molar-refractivity contribution in [2.45, 2.75) is 32.4 Å². The lowest BCUT2D eigenvalue weighted by Crippen LogP contribution is -2.52. The van der Waals surface area contributed by atoms with Gasteiger partial charge in [-0.3, -0.25) is 9.69 Å². The zero-order chi connectivity index (χ0) is 17.6. The lowest BCUT2D eigenvalue weighted by Gasteiger charge is -2.33. The van der Waals surface area contributed by atoms with Crippen LogP contribution in [-0.2, 0) is 11.3 Å². The number of urea groups is 1. The van der Waals surface area contributed by atoms with Crippen molar-refractivity contribution in [3.05, 3.63) is 35.9 Å². The van der Waals surface area contributed by atoms with E-state index >= 15 is 0 Å². The van der Waals surface area contributed by atoms with E-state index in [0.717, 1.165) is 39.0 Å². The van der Waals surface area contributed by atoms with Crippen LogP contribution in [-0.4, -0.2) is 71.9 Å². The molecule has 2 heterocycles. The molecule has 0 aromatic heterocycles. The molecule has 1 N–H and O–H groups in total. The molecule has 2 saturated heterocycles. The van der Waals surface area contributed by atoms with Crippen molar-refractivity contribution in [3.63, 3.8) is 0 Å². The van der Waals surface area contributed by atoms with Crippen molar-refractivity contribution in [3.8, 4) is 0 Å². The van der Waals surface area contributed by atoms with Gasteiger partial charge in [-0.1, -0.05) is 30.3 Å². The van der Waals surface area contributed by atoms with E-state index < -0.39 is 0 Å². The average molecular weight is 344 g/mol. The van der Waals surface area contributed by atoms with Crippen LogP contribution in [0.4, 0.5) is 4.79 Å². The predicted octanol–water partition coefficient (Wildman–Crippen LogP) is 1.52. The highest BCUT2D eigenvalue weighted by molar-refractivity contribution is 5.84. The van der Waals surface area contributed by atoms with Crippen LogP contribution in [0.2, 0.25) is 0 Å². The fourth-order valence-corrected chi connectivity index (χ4v) is 3.69. The molecule has 2 aliphatic rings. The topological polar surface area (TPSA) is 55.9 Å². The van der Waals surface area contributed by atoms with Crippen molar-refractivity contribution in [1.82, 2.24) is 20.0 Å². The van der Waals surface area contributed by atoms with Crippen molar-refractivity contribution in [2.75, 3.05) is 39.3 Å². The predicted molar refractivity (Wildman–Crippen MR) is 97.1 cm³/mol. The van der Waals surface area contributed by atoms with Crippen LogP contribution in [0.15, 0.2) is 30.3 Å². The van der Waals surface area contributed by atoms with E-state index in [2.05, 4.69) is 41.4 Å². The Hall–Kier alpha value is -2.08. The maximum absolute atomic E-state index is 12.7. The Kier molecular flexibility index (Phi) is 5.91. The maximum Gasteiger partial charge on any atom is 0.317 e. The third-order valence-electron chi connectivity index (χ3n) is 4.99. The highest BCUT2D eigenvalue weighted by Crippen LogP contribution is 2.14. The Labute approximate surface area is 149 Å². The third-order valence-corrected chi connectivity index (χ3v) is 4.99. The first-order valence-corrected chi connectivity index (χ1v) is 9.22. The van der Waals surface area contributed by atoms with Gasteiger partial charge in [0.2, 0.25) is 5.91 Å². The molecule has 0 spiro atoms. The summed E-state index contributed by atoms with van der Waals surface area (Å²) in [4.78, 5) is 30.6. The van der Waals surface area contributed by atoms with E-state index in [9.17, 15) is 9.59 Å². The Morgan fingerprint density at radius 2 is 1.96 bits per heavy atom. The van der Waals surface area contributed by atoms with Gasteiger partial charge in [0.15, 0.2) is 0 Å². The summed E-state index contributed by atoms with van der Waals surface area (Å²) in [6.45, 7) is 7.22. The Morgan fingerprint density at radius 1 is 1.16 bits per heavy atom. The molecule has 3 rings (SSSR count). The second-order valence-corrected chi connectivity index (χ2v) is 7.02. The van der Waals surface area contributed by atoms with Gasteiger partial charge in [0.05, 0.1) is 0 Å². The lowest BCUT2D eigenvalue weighted by atomic mass is 10.2. The molecule has 0 unspecified atom stereocenters. The average Bonchev–Trinajstić information content (AvgIpc) is 2.79. The maximum atomic E-state index is 12.7. The minimum absolute atomic E-state index is 0.0612. The molecule has 0 saturated carbocycles. The first-order chi connectivity index (χ1) is 12.1. The van der Waals surface area contributed by atoms with E-state index in [1.807, 2.05) is 11.0 Å². The fourth-order valence-electron chi connectivity index (χ4n) is 3.69. The molecule has 1 atom stereocenters. The van der Waals surface area contributed by atoms with E-state index in [0.29, 0.717) is 13.1 Å². The smallest absolute Gasteiger partial charge is 0.317 e. The lowest BCUT2D eigenvalue weighted by molar-refractivity contribution is -0.133. The fraction of sp³-hybridized carbons (Fsp3) is 0.579. The van der Waals surface area contributed by atoms with Gasteiger partial charge in [-0.2, -0.15) is 0 Å². The van der Waals surface area contributed by atoms with Gasteiger partial charge in [-0.15, -0.1) is 0 Å². The monoisotopic (exact) mass is 344 g/mol. The Balaban J connectivity index is 1.56. The number of amides is 3. The van der Waals surface area contributed by atoms with Crippen molar-refractivity contribution >= 4 is 11.9 Å². The summed E-state index contributed by atoms with van der Waals surface area (Å²) in [7, 11) is 0. The van der Waals surface area contributed by atoms with Crippen molar-refractivity contribution in [1.29, 1.82) is 0 Å². The van der Waals surface area contributed by atoms with Gasteiger partial charge >= 0.3 is 6.03 Å². The second kappa shape index (κ2) is 8.34. The van der Waals surface area contributed by atoms with Crippen LogP contribution in [0.1, 0.15) is 25.3 Å². The number of rotatable bonds is 4. The summed E-state index contributed by atoms with van der Waals surface area (Å²) in [5.74, 6) is 0.0612. The second-order valence-electron chi connectivity index (χ2n) is 7.02.